The third-order valence-electron chi connectivity index (χ3n) is 2.84. The lowest BCUT2D eigenvalue weighted by Crippen LogP contribution is -2.29. The van der Waals surface area contributed by atoms with Gasteiger partial charge in [-0.1, -0.05) is 17.7 Å². The highest BCUT2D eigenvalue weighted by Crippen LogP contribution is 2.21. The topological polar surface area (TPSA) is 64.6 Å². The maximum atomic E-state index is 12.3. The second-order valence-electron chi connectivity index (χ2n) is 4.73. The van der Waals surface area contributed by atoms with Gasteiger partial charge in [0.15, 0.2) is 0 Å². The third-order valence-corrected chi connectivity index (χ3v) is 4.61. The van der Waals surface area contributed by atoms with Crippen LogP contribution >= 0.6 is 0 Å². The van der Waals surface area contributed by atoms with E-state index >= 15 is 0 Å². The number of hydrogen-bond acceptors (Lipinski definition) is 4. The monoisotopic (exact) mass is 301 g/mol. The molecule has 0 unspecified atom stereocenters. The minimum absolute atomic E-state index is 0.249. The Labute approximate surface area is 121 Å². The van der Waals surface area contributed by atoms with Crippen LogP contribution < -0.4 is 4.72 Å². The van der Waals surface area contributed by atoms with Crippen molar-refractivity contribution in [2.24, 2.45) is 0 Å². The molecular weight excluding hydrogens is 278 g/mol. The number of methoxy groups -OCH3 is 1. The molecule has 0 bridgehead atoms. The largest absolute Gasteiger partial charge is 0.382 e. The minimum Gasteiger partial charge on any atom is -0.382 e. The molecule has 0 heterocycles. The fraction of sp³-hybridized carbons (Fsp3) is 0.571. The number of rotatable bonds is 8. The smallest absolute Gasteiger partial charge is 0.241 e. The summed E-state index contributed by atoms with van der Waals surface area (Å²) in [6, 6.07) is 3.74. The zero-order chi connectivity index (χ0) is 15.2. The standard InChI is InChI=1S/C14H23NO4S/c1-11-9-12(2)14(13(3)10-11)20(16,17)15-5-6-19-8-7-18-4/h9-10,15H,5-8H2,1-4H3. The summed E-state index contributed by atoms with van der Waals surface area (Å²) in [5.74, 6) is 0. The van der Waals surface area contributed by atoms with Crippen LogP contribution in [-0.4, -0.2) is 41.9 Å². The second-order valence-corrected chi connectivity index (χ2v) is 6.43. The Morgan fingerprint density at radius 3 is 2.20 bits per heavy atom. The van der Waals surface area contributed by atoms with Crippen molar-refractivity contribution in [1.29, 1.82) is 0 Å². The number of nitrogens with one attached hydrogen (secondary N) is 1. The van der Waals surface area contributed by atoms with E-state index in [0.29, 0.717) is 24.7 Å². The summed E-state index contributed by atoms with van der Waals surface area (Å²) in [6.45, 7) is 7.11. The Morgan fingerprint density at radius 2 is 1.65 bits per heavy atom. The molecule has 0 aliphatic heterocycles. The van der Waals surface area contributed by atoms with Gasteiger partial charge >= 0.3 is 0 Å². The Morgan fingerprint density at radius 1 is 1.05 bits per heavy atom. The average molecular weight is 301 g/mol. The van der Waals surface area contributed by atoms with Crippen LogP contribution in [0.1, 0.15) is 16.7 Å². The molecule has 1 N–H and O–H groups in total. The van der Waals surface area contributed by atoms with Gasteiger partial charge in [-0.15, -0.1) is 0 Å². The lowest BCUT2D eigenvalue weighted by Gasteiger charge is -2.13. The van der Waals surface area contributed by atoms with Crippen molar-refractivity contribution in [3.63, 3.8) is 0 Å². The van der Waals surface area contributed by atoms with Crippen molar-refractivity contribution in [3.05, 3.63) is 28.8 Å². The van der Waals surface area contributed by atoms with Crippen LogP contribution in [0.3, 0.4) is 0 Å². The van der Waals surface area contributed by atoms with E-state index in [9.17, 15) is 8.42 Å². The molecule has 0 saturated carbocycles. The van der Waals surface area contributed by atoms with Crippen molar-refractivity contribution in [1.82, 2.24) is 4.72 Å². The van der Waals surface area contributed by atoms with Gasteiger partial charge in [-0.3, -0.25) is 0 Å². The molecule has 5 nitrogen and oxygen atoms in total. The molecule has 0 amide bonds. The van der Waals surface area contributed by atoms with Crippen molar-refractivity contribution >= 4 is 10.0 Å². The highest BCUT2D eigenvalue weighted by Gasteiger charge is 2.19. The molecular formula is C14H23NO4S. The number of sulfonamides is 1. The van der Waals surface area contributed by atoms with Crippen LogP contribution in [0.25, 0.3) is 0 Å². The maximum Gasteiger partial charge on any atom is 0.241 e. The average Bonchev–Trinajstić information content (AvgIpc) is 2.31. The first-order chi connectivity index (χ1) is 9.38. The first-order valence-corrected chi connectivity index (χ1v) is 8.01. The van der Waals surface area contributed by atoms with Crippen molar-refractivity contribution in [3.8, 4) is 0 Å². The van der Waals surface area contributed by atoms with E-state index in [1.165, 1.54) is 0 Å². The van der Waals surface area contributed by atoms with Crippen molar-refractivity contribution < 1.29 is 17.9 Å². The third kappa shape index (κ3) is 4.86. The van der Waals surface area contributed by atoms with Crippen LogP contribution in [0, 0.1) is 20.8 Å². The normalized spacial score (nSPS) is 11.8. The van der Waals surface area contributed by atoms with Gasteiger partial charge in [-0.05, 0) is 31.9 Å². The van der Waals surface area contributed by atoms with E-state index in [1.807, 2.05) is 32.9 Å². The van der Waals surface area contributed by atoms with Crippen LogP contribution in [-0.2, 0) is 19.5 Å². The van der Waals surface area contributed by atoms with E-state index < -0.39 is 10.0 Å². The molecule has 1 aromatic carbocycles. The van der Waals surface area contributed by atoms with Crippen LogP contribution in [0.2, 0.25) is 0 Å². The van der Waals surface area contributed by atoms with Gasteiger partial charge in [0.25, 0.3) is 0 Å². The number of hydrogen-bond donors (Lipinski definition) is 1. The molecule has 20 heavy (non-hydrogen) atoms. The highest BCUT2D eigenvalue weighted by atomic mass is 32.2. The van der Waals surface area contributed by atoms with Crippen LogP contribution in [0.5, 0.6) is 0 Å². The summed E-state index contributed by atoms with van der Waals surface area (Å²) >= 11 is 0. The Kier molecular flexibility index (Phi) is 6.61. The first kappa shape index (κ1) is 17.1. The van der Waals surface area contributed by atoms with Crippen molar-refractivity contribution in [2.45, 2.75) is 25.7 Å². The number of ether oxygens (including phenoxy) is 2. The zero-order valence-corrected chi connectivity index (χ0v) is 13.3. The highest BCUT2D eigenvalue weighted by molar-refractivity contribution is 7.89. The van der Waals surface area contributed by atoms with E-state index in [4.69, 9.17) is 9.47 Å². The Balaban J connectivity index is 2.66. The summed E-state index contributed by atoms with van der Waals surface area (Å²) in [7, 11) is -1.90. The molecule has 0 aliphatic rings. The number of benzene rings is 1. The second kappa shape index (κ2) is 7.73. The molecule has 0 aliphatic carbocycles. The summed E-state index contributed by atoms with van der Waals surface area (Å²) in [6.07, 6.45) is 0. The molecule has 0 saturated heterocycles. The minimum atomic E-state index is -3.49. The van der Waals surface area contributed by atoms with E-state index in [1.54, 1.807) is 7.11 Å². The van der Waals surface area contributed by atoms with Gasteiger partial charge in [0.2, 0.25) is 10.0 Å². The van der Waals surface area contributed by atoms with Gasteiger partial charge < -0.3 is 9.47 Å². The Bertz CT molecular complexity index is 517. The lowest BCUT2D eigenvalue weighted by molar-refractivity contribution is 0.0736. The van der Waals surface area contributed by atoms with Crippen LogP contribution in [0.4, 0.5) is 0 Å². The first-order valence-electron chi connectivity index (χ1n) is 6.52. The van der Waals surface area contributed by atoms with Gasteiger partial charge in [0.1, 0.15) is 0 Å². The molecule has 114 valence electrons. The van der Waals surface area contributed by atoms with Crippen molar-refractivity contribution in [2.75, 3.05) is 33.5 Å². The molecule has 0 atom stereocenters. The molecule has 0 aromatic heterocycles. The van der Waals surface area contributed by atoms with E-state index in [2.05, 4.69) is 4.72 Å². The molecule has 6 heteroatoms. The molecule has 1 rings (SSSR count). The van der Waals surface area contributed by atoms with Gasteiger partial charge in [-0.2, -0.15) is 0 Å². The summed E-state index contributed by atoms with van der Waals surface area (Å²) in [5, 5.41) is 0. The number of aryl methyl sites for hydroxylation is 3. The predicted octanol–water partition coefficient (Wildman–Crippen LogP) is 1.55. The fourth-order valence-corrected chi connectivity index (χ4v) is 3.62. The van der Waals surface area contributed by atoms with E-state index in [0.717, 1.165) is 16.7 Å². The quantitative estimate of drug-likeness (QED) is 0.740. The SMILES string of the molecule is COCCOCCNS(=O)(=O)c1c(C)cc(C)cc1C. The lowest BCUT2D eigenvalue weighted by atomic mass is 10.1. The summed E-state index contributed by atoms with van der Waals surface area (Å²) < 4.78 is 37.2. The zero-order valence-electron chi connectivity index (χ0n) is 12.5. The molecule has 1 aromatic rings. The molecule has 0 radical (unpaired) electrons. The Hall–Kier alpha value is -0.950. The fourth-order valence-electron chi connectivity index (χ4n) is 2.16. The summed E-state index contributed by atoms with van der Waals surface area (Å²) in [5.41, 5.74) is 2.58. The van der Waals surface area contributed by atoms with E-state index in [-0.39, 0.29) is 6.54 Å². The van der Waals surface area contributed by atoms with Gasteiger partial charge in [-0.25, -0.2) is 13.1 Å². The van der Waals surface area contributed by atoms with Crippen LogP contribution in [0.15, 0.2) is 17.0 Å². The predicted molar refractivity (Wildman–Crippen MR) is 78.5 cm³/mol. The summed E-state index contributed by atoms with van der Waals surface area (Å²) in [4.78, 5) is 0.361. The van der Waals surface area contributed by atoms with Gasteiger partial charge in [0.05, 0.1) is 24.7 Å². The van der Waals surface area contributed by atoms with Gasteiger partial charge in [0, 0.05) is 13.7 Å². The molecule has 0 spiro atoms. The maximum absolute atomic E-state index is 12.3. The molecule has 0 fully saturated rings.